The summed E-state index contributed by atoms with van der Waals surface area (Å²) < 4.78 is 4.86. The number of nitrogens with one attached hydrogen (secondary N) is 5. The van der Waals surface area contributed by atoms with Crippen molar-refractivity contribution >= 4 is 24.2 Å². The van der Waals surface area contributed by atoms with Crippen LogP contribution in [-0.2, 0) is 19.1 Å². The molecule has 0 aromatic carbocycles. The molecule has 874 valence electrons. The number of carbonyl (C=O) groups excluding carboxylic acids is 3. The van der Waals surface area contributed by atoms with Crippen LogP contribution in [0.4, 0.5) is 4.79 Å². The van der Waals surface area contributed by atoms with E-state index >= 15 is 0 Å². The number of methoxy groups -OCH3 is 1. The summed E-state index contributed by atoms with van der Waals surface area (Å²) in [4.78, 5) is 42.2. The van der Waals surface area contributed by atoms with E-state index in [0.717, 1.165) is 207 Å². The lowest BCUT2D eigenvalue weighted by molar-refractivity contribution is -0.139. The number of aldehydes is 1. The normalized spacial score (nSPS) is 10.4. The molecule has 0 bridgehead atoms. The summed E-state index contributed by atoms with van der Waals surface area (Å²) in [6.45, 7) is 112. The average molecular weight is 2050 g/mol. The third kappa shape index (κ3) is 397. The maximum Gasteiger partial charge on any atom is 0.312 e. The van der Waals surface area contributed by atoms with Crippen LogP contribution in [0.25, 0.3) is 0 Å². The van der Waals surface area contributed by atoms with E-state index in [2.05, 4.69) is 306 Å². The predicted molar refractivity (Wildman–Crippen MR) is 642 cm³/mol. The Kier molecular flexibility index (Phi) is 206. The van der Waals surface area contributed by atoms with E-state index in [4.69, 9.17) is 76.9 Å². The number of hydrogen-bond acceptors (Lipinski definition) is 18. The molecule has 0 aliphatic rings. The van der Waals surface area contributed by atoms with Crippen molar-refractivity contribution in [1.29, 1.82) is 0 Å². The van der Waals surface area contributed by atoms with E-state index in [1.807, 2.05) is 82.4 Å². The zero-order valence-corrected chi connectivity index (χ0v) is 105. The Labute approximate surface area is 893 Å². The van der Waals surface area contributed by atoms with Gasteiger partial charge in [0, 0.05) is 71.7 Å². The van der Waals surface area contributed by atoms with E-state index in [-0.39, 0.29) is 29.8 Å². The van der Waals surface area contributed by atoms with Gasteiger partial charge in [0.15, 0.2) is 0 Å². The average Bonchev–Trinajstić information content (AvgIpc) is 0.975. The third-order valence-electron chi connectivity index (χ3n) is 17.0. The quantitative estimate of drug-likeness (QED) is 0.0116. The van der Waals surface area contributed by atoms with Crippen molar-refractivity contribution in [2.75, 3.05) is 133 Å². The predicted octanol–water partition coefficient (Wildman–Crippen LogP) is 27.1. The topological polar surface area (TPSA) is 392 Å². The maximum absolute atomic E-state index is 10.2. The van der Waals surface area contributed by atoms with Gasteiger partial charge in [0.05, 0.1) is 25.7 Å². The van der Waals surface area contributed by atoms with E-state index < -0.39 is 18.1 Å². The number of nitrogens with zero attached hydrogens (tertiary/aromatic N) is 1. The Morgan fingerprint density at radius 1 is 0.423 bits per heavy atom. The lowest BCUT2D eigenvalue weighted by Crippen LogP contribution is -2.30. The van der Waals surface area contributed by atoms with Crippen LogP contribution in [0.15, 0.2) is 12.7 Å². The number of aliphatic hydroxyl groups is 5. The van der Waals surface area contributed by atoms with Gasteiger partial charge in [-0.2, -0.15) is 0 Å². The Morgan fingerprint density at radius 3 is 0.894 bits per heavy atom. The van der Waals surface area contributed by atoms with Gasteiger partial charge in [-0.15, -0.1) is 31.3 Å². The van der Waals surface area contributed by atoms with Crippen LogP contribution in [0.2, 0.25) is 0 Å². The maximum atomic E-state index is 10.2. The van der Waals surface area contributed by atoms with E-state index in [0.29, 0.717) is 87.2 Å². The molecular weight excluding hydrogens is 1770 g/mol. The molecule has 0 unspecified atom stereocenters. The molecule has 0 rings (SSSR count). The standard InChI is InChI=1S/C8H19N.C7H17NO.2C7H17N.C6H14N2O.C6H13NO.C6H15N.C6H12O2.C6H14O2.2C6H14O.C6H14.C6H12.2C6H10.3C5H13N.C5H12O.C5H10O/c1-7(2)5-6-9-8(3)4;1-3-4-5-8-6-7-9-2;1-7(2)5-6-8(3)4;1-4-8-6-5-7(2)3;1-5(2)3-4-8-6(7)9;1-6(2,3)4-5(7)8;1-6(2)4-5-7-3;1-6(2,3)4-5(7)8;1-5(2)3-6(8)4-7;2*1-6(2)4-3-5-7;4*1-4-5-6(2)3;5*1-5(2)3-4-6/h7-9H,5-6H2,1-4H3;8H,3-7H2,1-2H3;7H,5-6H2,1-4H3;7-8H,4-6H2,1-3H3;5H,3-4H2,1-2H3,(H3,7,8,9);4H2,1-3H3,(H2,7,8);6-7H,4-5H2,1-3H3;4H2,1-3H3,(H,7,8);5-8H,3-4H2,1-2H3;2*6-7H,3-5H2,1-2H3;6H,4-5H2,1-3H3;4,6H,1,5H2,2-3H3;2*1,6H,5H2,2-3H3;3*5H,3-4,6H2,1-2H3;5-6H,3-4H2,1-2H3;4-5H,3H2,1-2H3/t;;;;;;;;6-;;;;;;;;;;;/m........0.........../s1. The molecule has 3 amide bonds. The number of ether oxygens (including phenoxy) is 1. The van der Waals surface area contributed by atoms with Crippen molar-refractivity contribution in [2.45, 2.75) is 478 Å². The molecule has 0 spiro atoms. The second-order valence-electron chi connectivity index (χ2n) is 46.3. The number of allylic oxidation sites excluding steroid dienone is 1. The SMILES string of the molecule is C#CCC(C)C.C#CCC(C)C.C=CCC(C)C.CC(C)(C)CC(=O)O.CC(C)(C)CC(N)=O.CC(C)CC=O.CC(C)CCCO.CC(C)CCCO.CC(C)CCN.CC(C)CCN.CC(C)CCN.CC(C)CCN(C)C.CC(C)CCNC(C)C.CC(C)CCNC(N)=O.CC(C)CCO.CC(C)C[C@H](O)CO.CCCC(C)C.CCCCNCCOC.CCNCCC(C)C.CNCCC(C)C. The highest BCUT2D eigenvalue weighted by atomic mass is 16.5. The summed E-state index contributed by atoms with van der Waals surface area (Å²) in [6, 6.07) is 0.208. The van der Waals surface area contributed by atoms with Gasteiger partial charge in [-0.25, -0.2) is 4.79 Å². The van der Waals surface area contributed by atoms with Crippen LogP contribution < -0.4 is 55.3 Å². The Balaban J connectivity index is -0.0000000614. The van der Waals surface area contributed by atoms with Gasteiger partial charge < -0.3 is 100 Å². The van der Waals surface area contributed by atoms with Crippen molar-refractivity contribution in [1.82, 2.24) is 31.5 Å². The molecule has 21 N–H and O–H groups in total. The minimum Gasteiger partial charge on any atom is -0.481 e. The molecule has 1 atom stereocenters. The summed E-state index contributed by atoms with van der Waals surface area (Å²) in [5.41, 5.74) is 25.4. The van der Waals surface area contributed by atoms with Gasteiger partial charge >= 0.3 is 12.0 Å². The summed E-state index contributed by atoms with van der Waals surface area (Å²) in [6.07, 6.45) is 37.4. The fourth-order valence-corrected chi connectivity index (χ4v) is 8.69. The largest absolute Gasteiger partial charge is 0.481 e. The number of nitrogens with two attached hydrogens (primary N) is 5. The molecule has 0 aliphatic carbocycles. The number of carbonyl (C=O) groups is 4. The number of amides is 3. The van der Waals surface area contributed by atoms with Gasteiger partial charge in [0.1, 0.15) is 6.29 Å². The number of carboxylic acid groups (broad SMARTS) is 1. The van der Waals surface area contributed by atoms with E-state index in [9.17, 15) is 19.2 Å². The summed E-state index contributed by atoms with van der Waals surface area (Å²) in [5, 5.41) is 65.8. The van der Waals surface area contributed by atoms with Crippen molar-refractivity contribution in [2.24, 2.45) is 140 Å². The van der Waals surface area contributed by atoms with Crippen LogP contribution >= 0.6 is 0 Å². The number of urea groups is 1. The Hall–Kier alpha value is -3.82. The summed E-state index contributed by atoms with van der Waals surface area (Å²) in [7, 11) is 7.94. The highest BCUT2D eigenvalue weighted by Gasteiger charge is 2.14. The molecular formula is C120H273N11O11. The number of terminal acetylenes is 2. The second-order valence-corrected chi connectivity index (χ2v) is 46.3. The molecule has 142 heavy (non-hydrogen) atoms. The van der Waals surface area contributed by atoms with Gasteiger partial charge in [0.25, 0.3) is 0 Å². The van der Waals surface area contributed by atoms with Crippen LogP contribution in [0, 0.1) is 136 Å². The van der Waals surface area contributed by atoms with Crippen LogP contribution in [0.5, 0.6) is 0 Å². The smallest absolute Gasteiger partial charge is 0.312 e. The number of carboxylic acids is 1. The number of aliphatic carboxylic acids is 1. The Bertz CT molecular complexity index is 2090. The molecule has 0 aliphatic heterocycles. The molecule has 22 nitrogen and oxygen atoms in total. The zero-order valence-electron chi connectivity index (χ0n) is 105. The molecule has 0 aromatic heterocycles. The molecule has 0 radical (unpaired) electrons. The van der Waals surface area contributed by atoms with Crippen LogP contribution in [-0.4, -0.2) is 205 Å². The zero-order chi connectivity index (χ0) is 117. The summed E-state index contributed by atoms with van der Waals surface area (Å²) in [5.74, 6) is 16.6. The fourth-order valence-electron chi connectivity index (χ4n) is 8.69. The lowest BCUT2D eigenvalue weighted by Gasteiger charge is -2.13. The third-order valence-corrected chi connectivity index (χ3v) is 17.0. The summed E-state index contributed by atoms with van der Waals surface area (Å²) >= 11 is 0. The molecule has 0 fully saturated rings. The van der Waals surface area contributed by atoms with Gasteiger partial charge in [-0.05, 0) is 294 Å². The monoisotopic (exact) mass is 2050 g/mol. The van der Waals surface area contributed by atoms with Crippen LogP contribution in [0.3, 0.4) is 0 Å². The minimum atomic E-state index is -0.725. The number of aliphatic hydroxyl groups excluding tert-OH is 5. The Morgan fingerprint density at radius 2 is 0.768 bits per heavy atom. The van der Waals surface area contributed by atoms with E-state index in [1.54, 1.807) is 7.11 Å². The number of rotatable bonds is 50. The minimum absolute atomic E-state index is 0.0475. The molecule has 0 saturated heterocycles. The van der Waals surface area contributed by atoms with E-state index in [1.165, 1.54) is 64.5 Å². The molecule has 0 saturated carbocycles. The van der Waals surface area contributed by atoms with Gasteiger partial charge in [-0.1, -0.05) is 337 Å². The second kappa shape index (κ2) is 157. The fraction of sp³-hybridized carbons (Fsp3) is 0.917. The van der Waals surface area contributed by atoms with Crippen molar-refractivity contribution < 1.29 is 54.6 Å². The molecule has 0 aromatic rings. The van der Waals surface area contributed by atoms with Crippen LogP contribution in [0.1, 0.15) is 466 Å². The molecule has 0 heterocycles. The van der Waals surface area contributed by atoms with Crippen molar-refractivity contribution in [3.8, 4) is 24.7 Å². The first kappa shape index (κ1) is 186. The first-order valence-corrected chi connectivity index (χ1v) is 55.9. The van der Waals surface area contributed by atoms with Crippen molar-refractivity contribution in [3.63, 3.8) is 0 Å². The molecule has 22 heteroatoms. The number of hydrogen-bond donors (Lipinski definition) is 16. The first-order chi connectivity index (χ1) is 65.3. The highest BCUT2D eigenvalue weighted by Crippen LogP contribution is 2.18. The highest BCUT2D eigenvalue weighted by molar-refractivity contribution is 5.74. The van der Waals surface area contributed by atoms with Gasteiger partial charge in [0.2, 0.25) is 5.91 Å². The first-order valence-electron chi connectivity index (χ1n) is 55.9. The number of primary amides is 2. The number of unbranched alkanes of at least 4 members (excludes halogenated alkanes) is 1. The lowest BCUT2D eigenvalue weighted by atomic mass is 9.92. The van der Waals surface area contributed by atoms with Gasteiger partial charge in [-0.3, -0.25) is 9.59 Å². The van der Waals surface area contributed by atoms with Crippen molar-refractivity contribution in [3.05, 3.63) is 12.7 Å².